The van der Waals surface area contributed by atoms with Crippen molar-refractivity contribution in [3.63, 3.8) is 0 Å². The maximum atomic E-state index is 11.1. The van der Waals surface area contributed by atoms with Gasteiger partial charge in [-0.2, -0.15) is 5.48 Å². The number of rotatable bonds is 4. The molecule has 0 saturated heterocycles. The van der Waals surface area contributed by atoms with E-state index in [1.807, 2.05) is 24.3 Å². The lowest BCUT2D eigenvalue weighted by molar-refractivity contribution is 0.0317. The first-order valence-electron chi connectivity index (χ1n) is 5.83. The number of amides is 1. The number of methoxy groups -OCH3 is 1. The van der Waals surface area contributed by atoms with Gasteiger partial charge in [0.05, 0.1) is 18.8 Å². The number of hydrogen-bond acceptors (Lipinski definition) is 4. The Hall–Kier alpha value is -2.19. The highest BCUT2D eigenvalue weighted by Gasteiger charge is 2.02. The SMILES string of the molecule is COc1ccccc1C#CCONC(=O)OC(C)C. The van der Waals surface area contributed by atoms with Crippen LogP contribution in [0, 0.1) is 11.8 Å². The Balaban J connectivity index is 2.37. The molecule has 102 valence electrons. The van der Waals surface area contributed by atoms with Crippen LogP contribution in [0.4, 0.5) is 4.79 Å². The van der Waals surface area contributed by atoms with E-state index in [-0.39, 0.29) is 12.7 Å². The molecule has 0 unspecified atom stereocenters. The van der Waals surface area contributed by atoms with Crippen LogP contribution in [0.15, 0.2) is 24.3 Å². The molecule has 0 spiro atoms. The van der Waals surface area contributed by atoms with Gasteiger partial charge in [0.25, 0.3) is 0 Å². The lowest BCUT2D eigenvalue weighted by Gasteiger charge is -2.07. The van der Waals surface area contributed by atoms with Crippen molar-refractivity contribution in [2.45, 2.75) is 20.0 Å². The molecule has 1 rings (SSSR count). The Morgan fingerprint density at radius 2 is 2.11 bits per heavy atom. The first-order chi connectivity index (χ1) is 9.13. The van der Waals surface area contributed by atoms with Crippen LogP contribution in [0.2, 0.25) is 0 Å². The summed E-state index contributed by atoms with van der Waals surface area (Å²) < 4.78 is 9.96. The van der Waals surface area contributed by atoms with Crippen LogP contribution in [0.3, 0.4) is 0 Å². The molecular weight excluding hydrogens is 246 g/mol. The highest BCUT2D eigenvalue weighted by molar-refractivity contribution is 5.65. The predicted octanol–water partition coefficient (Wildman–Crippen LogP) is 2.11. The van der Waals surface area contributed by atoms with Crippen molar-refractivity contribution in [3.05, 3.63) is 29.8 Å². The average Bonchev–Trinajstić information content (AvgIpc) is 2.38. The third-order valence-corrected chi connectivity index (χ3v) is 1.97. The van der Waals surface area contributed by atoms with Crippen molar-refractivity contribution in [3.8, 4) is 17.6 Å². The Labute approximate surface area is 112 Å². The highest BCUT2D eigenvalue weighted by Crippen LogP contribution is 2.15. The molecule has 0 aliphatic heterocycles. The van der Waals surface area contributed by atoms with Crippen molar-refractivity contribution >= 4 is 6.09 Å². The highest BCUT2D eigenvalue weighted by atomic mass is 16.7. The molecule has 0 atom stereocenters. The van der Waals surface area contributed by atoms with E-state index < -0.39 is 6.09 Å². The Morgan fingerprint density at radius 3 is 2.79 bits per heavy atom. The lowest BCUT2D eigenvalue weighted by Crippen LogP contribution is -2.27. The van der Waals surface area contributed by atoms with Crippen LogP contribution in [0.5, 0.6) is 5.75 Å². The van der Waals surface area contributed by atoms with Crippen LogP contribution in [-0.2, 0) is 9.57 Å². The Kier molecular flexibility index (Phi) is 6.27. The zero-order valence-corrected chi connectivity index (χ0v) is 11.2. The van der Waals surface area contributed by atoms with Crippen molar-refractivity contribution in [2.24, 2.45) is 0 Å². The summed E-state index contributed by atoms with van der Waals surface area (Å²) in [4.78, 5) is 15.9. The smallest absolute Gasteiger partial charge is 0.431 e. The predicted molar refractivity (Wildman–Crippen MR) is 70.6 cm³/mol. The number of para-hydroxylation sites is 1. The minimum Gasteiger partial charge on any atom is -0.495 e. The van der Waals surface area contributed by atoms with Crippen LogP contribution in [0.1, 0.15) is 19.4 Å². The number of carbonyl (C=O) groups excluding carboxylic acids is 1. The Morgan fingerprint density at radius 1 is 1.37 bits per heavy atom. The fourth-order valence-corrected chi connectivity index (χ4v) is 1.25. The summed E-state index contributed by atoms with van der Waals surface area (Å²) in [7, 11) is 1.58. The summed E-state index contributed by atoms with van der Waals surface area (Å²) in [6, 6.07) is 7.39. The molecule has 0 heterocycles. The zero-order chi connectivity index (χ0) is 14.1. The molecule has 0 bridgehead atoms. The summed E-state index contributed by atoms with van der Waals surface area (Å²) in [5, 5.41) is 0. The fourth-order valence-electron chi connectivity index (χ4n) is 1.25. The van der Waals surface area contributed by atoms with Crippen LogP contribution >= 0.6 is 0 Å². The van der Waals surface area contributed by atoms with Gasteiger partial charge >= 0.3 is 6.09 Å². The van der Waals surface area contributed by atoms with Crippen LogP contribution < -0.4 is 10.2 Å². The molecule has 1 N–H and O–H groups in total. The van der Waals surface area contributed by atoms with E-state index in [2.05, 4.69) is 17.3 Å². The number of hydroxylamine groups is 1. The van der Waals surface area contributed by atoms with Gasteiger partial charge in [0.1, 0.15) is 12.4 Å². The van der Waals surface area contributed by atoms with E-state index in [9.17, 15) is 4.79 Å². The lowest BCUT2D eigenvalue weighted by atomic mass is 10.2. The van der Waals surface area contributed by atoms with Crippen LogP contribution in [0.25, 0.3) is 0 Å². The normalized spacial score (nSPS) is 9.47. The topological polar surface area (TPSA) is 56.8 Å². The molecule has 1 aromatic carbocycles. The number of ether oxygens (including phenoxy) is 2. The van der Waals surface area contributed by atoms with Gasteiger partial charge in [-0.1, -0.05) is 24.0 Å². The largest absolute Gasteiger partial charge is 0.495 e. The Bertz CT molecular complexity index is 474. The number of benzene rings is 1. The molecule has 5 heteroatoms. The number of carbonyl (C=O) groups is 1. The van der Waals surface area contributed by atoms with Crippen molar-refractivity contribution in [2.75, 3.05) is 13.7 Å². The van der Waals surface area contributed by atoms with E-state index in [0.29, 0.717) is 5.75 Å². The molecule has 0 fully saturated rings. The molecule has 1 aromatic rings. The summed E-state index contributed by atoms with van der Waals surface area (Å²) >= 11 is 0. The van der Waals surface area contributed by atoms with E-state index in [0.717, 1.165) is 5.56 Å². The second-order valence-electron chi connectivity index (χ2n) is 3.85. The molecule has 0 saturated carbocycles. The van der Waals surface area contributed by atoms with E-state index in [1.54, 1.807) is 21.0 Å². The second kappa shape index (κ2) is 8.01. The fraction of sp³-hybridized carbons (Fsp3) is 0.357. The van der Waals surface area contributed by atoms with E-state index >= 15 is 0 Å². The summed E-state index contributed by atoms with van der Waals surface area (Å²) in [6.45, 7) is 3.56. The third-order valence-electron chi connectivity index (χ3n) is 1.97. The van der Waals surface area contributed by atoms with Crippen molar-refractivity contribution in [1.82, 2.24) is 5.48 Å². The average molecular weight is 263 g/mol. The van der Waals surface area contributed by atoms with Gasteiger partial charge in [-0.25, -0.2) is 4.79 Å². The number of hydrogen-bond donors (Lipinski definition) is 1. The molecule has 0 aliphatic rings. The van der Waals surface area contributed by atoms with Gasteiger partial charge < -0.3 is 9.47 Å². The monoisotopic (exact) mass is 263 g/mol. The molecule has 1 amide bonds. The van der Waals surface area contributed by atoms with Gasteiger partial charge in [0.2, 0.25) is 0 Å². The zero-order valence-electron chi connectivity index (χ0n) is 11.2. The summed E-state index contributed by atoms with van der Waals surface area (Å²) in [5.41, 5.74) is 2.90. The molecule has 5 nitrogen and oxygen atoms in total. The van der Waals surface area contributed by atoms with Crippen molar-refractivity contribution < 1.29 is 19.1 Å². The minimum absolute atomic E-state index is 0.0608. The summed E-state index contributed by atoms with van der Waals surface area (Å²) in [6.07, 6.45) is -0.822. The third kappa shape index (κ3) is 5.80. The molecule has 0 aliphatic carbocycles. The summed E-state index contributed by atoms with van der Waals surface area (Å²) in [5.74, 6) is 6.35. The first kappa shape index (κ1) is 14.9. The van der Waals surface area contributed by atoms with Gasteiger partial charge in [0, 0.05) is 0 Å². The maximum absolute atomic E-state index is 11.1. The maximum Gasteiger partial charge on any atom is 0.431 e. The van der Waals surface area contributed by atoms with E-state index in [1.165, 1.54) is 0 Å². The van der Waals surface area contributed by atoms with Gasteiger partial charge in [-0.15, -0.1) is 0 Å². The molecular formula is C14H17NO4. The molecule has 0 aromatic heterocycles. The van der Waals surface area contributed by atoms with E-state index in [4.69, 9.17) is 14.3 Å². The second-order valence-corrected chi connectivity index (χ2v) is 3.85. The number of nitrogens with one attached hydrogen (secondary N) is 1. The van der Waals surface area contributed by atoms with Gasteiger partial charge in [-0.3, -0.25) is 4.84 Å². The molecule has 19 heavy (non-hydrogen) atoms. The van der Waals surface area contributed by atoms with Crippen LogP contribution in [-0.4, -0.2) is 25.9 Å². The quantitative estimate of drug-likeness (QED) is 0.513. The standard InChI is InChI=1S/C14H17NO4/c1-11(2)19-14(16)15-18-10-6-8-12-7-4-5-9-13(12)17-3/h4-5,7,9,11H,10H2,1-3H3,(H,15,16). The van der Waals surface area contributed by atoms with Gasteiger partial charge in [0.15, 0.2) is 0 Å². The first-order valence-corrected chi connectivity index (χ1v) is 5.83. The minimum atomic E-state index is -0.630. The van der Waals surface area contributed by atoms with Gasteiger partial charge in [-0.05, 0) is 26.0 Å². The molecule has 0 radical (unpaired) electrons. The van der Waals surface area contributed by atoms with Crippen molar-refractivity contribution in [1.29, 1.82) is 0 Å².